The summed E-state index contributed by atoms with van der Waals surface area (Å²) in [5, 5.41) is 7.22. The van der Waals surface area contributed by atoms with E-state index in [9.17, 15) is 14.4 Å². The van der Waals surface area contributed by atoms with Crippen LogP contribution in [0.25, 0.3) is 10.9 Å². The van der Waals surface area contributed by atoms with Gasteiger partial charge in [0.1, 0.15) is 6.04 Å². The standard InChI is InChI=1S/C38H47N7O3/c1-26-11-5-8-14-34(26)43-19-21-45(22-20-43)38(48)41-35(27(2)31-24-39-32-13-7-6-12-29(31)32)36(46)40-33-23-28(25-42(3)4)15-16-30(33)37(47)44-17-9-10-18-44/h5-8,11-16,23-24,27,35,39H,9-10,17-22,25H2,1-4H3,(H,40,46)(H,41,48)/t27-,35-/m1/s1. The van der Waals surface area contributed by atoms with E-state index in [0.717, 1.165) is 34.9 Å². The lowest BCUT2D eigenvalue weighted by atomic mass is 9.92. The number of aromatic nitrogens is 1. The van der Waals surface area contributed by atoms with Crippen molar-refractivity contribution >= 4 is 40.1 Å². The highest BCUT2D eigenvalue weighted by Crippen LogP contribution is 2.30. The predicted octanol–water partition coefficient (Wildman–Crippen LogP) is 5.42. The molecule has 6 rings (SSSR count). The molecule has 0 unspecified atom stereocenters. The molecule has 48 heavy (non-hydrogen) atoms. The molecular weight excluding hydrogens is 602 g/mol. The van der Waals surface area contributed by atoms with Gasteiger partial charge in [0.25, 0.3) is 5.91 Å². The highest BCUT2D eigenvalue weighted by molar-refractivity contribution is 6.06. The number of H-pyrrole nitrogens is 1. The number of anilines is 2. The summed E-state index contributed by atoms with van der Waals surface area (Å²) in [6, 6.07) is 20.7. The molecule has 3 N–H and O–H groups in total. The zero-order valence-electron chi connectivity index (χ0n) is 28.5. The van der Waals surface area contributed by atoms with Gasteiger partial charge in [0.2, 0.25) is 5.91 Å². The Morgan fingerprint density at radius 2 is 1.58 bits per heavy atom. The second kappa shape index (κ2) is 14.5. The van der Waals surface area contributed by atoms with E-state index in [0.29, 0.717) is 57.1 Å². The van der Waals surface area contributed by atoms with Crippen LogP contribution in [0.3, 0.4) is 0 Å². The van der Waals surface area contributed by atoms with Gasteiger partial charge in [0.05, 0.1) is 11.3 Å². The molecular formula is C38H47N7O3. The van der Waals surface area contributed by atoms with Crippen molar-refractivity contribution in [1.82, 2.24) is 25.0 Å². The lowest BCUT2D eigenvalue weighted by molar-refractivity contribution is -0.118. The molecule has 4 aromatic rings. The molecule has 4 amide bonds. The van der Waals surface area contributed by atoms with Crippen LogP contribution >= 0.6 is 0 Å². The molecule has 0 aliphatic carbocycles. The van der Waals surface area contributed by atoms with E-state index in [1.54, 1.807) is 4.90 Å². The van der Waals surface area contributed by atoms with Crippen LogP contribution in [-0.4, -0.2) is 96.9 Å². The third kappa shape index (κ3) is 7.18. The Morgan fingerprint density at radius 3 is 2.31 bits per heavy atom. The number of piperazine rings is 1. The topological polar surface area (TPSA) is 104 Å². The second-order valence-corrected chi connectivity index (χ2v) is 13.4. The first-order valence-electron chi connectivity index (χ1n) is 17.0. The number of fused-ring (bicyclic) bond motifs is 1. The van der Waals surface area contributed by atoms with Gasteiger partial charge < -0.3 is 35.2 Å². The maximum absolute atomic E-state index is 14.4. The average Bonchev–Trinajstić information content (AvgIpc) is 3.78. The average molecular weight is 650 g/mol. The molecule has 1 aromatic heterocycles. The van der Waals surface area contributed by atoms with Crippen molar-refractivity contribution in [2.24, 2.45) is 0 Å². The first-order valence-corrected chi connectivity index (χ1v) is 17.0. The number of nitrogens with zero attached hydrogens (tertiary/aromatic N) is 4. The summed E-state index contributed by atoms with van der Waals surface area (Å²) in [6.07, 6.45) is 3.87. The van der Waals surface area contributed by atoms with Crippen molar-refractivity contribution in [1.29, 1.82) is 0 Å². The van der Waals surface area contributed by atoms with Crippen molar-refractivity contribution in [2.75, 3.05) is 63.6 Å². The Morgan fingerprint density at radius 1 is 0.875 bits per heavy atom. The predicted molar refractivity (Wildman–Crippen MR) is 192 cm³/mol. The fourth-order valence-electron chi connectivity index (χ4n) is 7.01. The quantitative estimate of drug-likeness (QED) is 0.225. The molecule has 0 spiro atoms. The molecule has 2 saturated heterocycles. The summed E-state index contributed by atoms with van der Waals surface area (Å²) in [5.74, 6) is -0.825. The number of urea groups is 1. The van der Waals surface area contributed by atoms with Gasteiger partial charge in [0.15, 0.2) is 0 Å². The minimum absolute atomic E-state index is 0.0870. The summed E-state index contributed by atoms with van der Waals surface area (Å²) in [4.78, 5) is 53.2. The number of likely N-dealkylation sites (tertiary alicyclic amines) is 1. The van der Waals surface area contributed by atoms with Gasteiger partial charge in [0, 0.05) is 74.5 Å². The Bertz CT molecular complexity index is 1770. The molecule has 2 aliphatic heterocycles. The van der Waals surface area contributed by atoms with Gasteiger partial charge in [-0.05, 0) is 74.8 Å². The van der Waals surface area contributed by atoms with Gasteiger partial charge in [-0.2, -0.15) is 0 Å². The summed E-state index contributed by atoms with van der Waals surface area (Å²) >= 11 is 0. The Labute approximate surface area is 283 Å². The third-order valence-electron chi connectivity index (χ3n) is 9.66. The molecule has 10 nitrogen and oxygen atoms in total. The smallest absolute Gasteiger partial charge is 0.318 e. The number of para-hydroxylation sites is 2. The lowest BCUT2D eigenvalue weighted by Gasteiger charge is -2.37. The normalized spacial score (nSPS) is 16.3. The molecule has 2 fully saturated rings. The molecule has 3 aromatic carbocycles. The van der Waals surface area contributed by atoms with E-state index in [1.807, 2.05) is 91.6 Å². The molecule has 2 atom stereocenters. The van der Waals surface area contributed by atoms with E-state index < -0.39 is 6.04 Å². The monoisotopic (exact) mass is 649 g/mol. The molecule has 0 bridgehead atoms. The fourth-order valence-corrected chi connectivity index (χ4v) is 7.01. The zero-order chi connectivity index (χ0) is 33.8. The Kier molecular flexibility index (Phi) is 10.0. The number of aryl methyl sites for hydroxylation is 1. The number of benzene rings is 3. The summed E-state index contributed by atoms with van der Waals surface area (Å²) in [5.41, 5.74) is 6.19. The van der Waals surface area contributed by atoms with Crippen LogP contribution in [-0.2, 0) is 11.3 Å². The maximum atomic E-state index is 14.4. The van der Waals surface area contributed by atoms with Gasteiger partial charge in [-0.1, -0.05) is 49.4 Å². The first kappa shape index (κ1) is 33.1. The highest BCUT2D eigenvalue weighted by Gasteiger charge is 2.33. The highest BCUT2D eigenvalue weighted by atomic mass is 16.2. The number of carbonyl (C=O) groups excluding carboxylic acids is 3. The lowest BCUT2D eigenvalue weighted by Crippen LogP contribution is -2.56. The number of amides is 4. The minimum atomic E-state index is -0.904. The molecule has 0 radical (unpaired) electrons. The SMILES string of the molecule is Cc1ccccc1N1CCN(C(=O)N[C@@H](C(=O)Nc2cc(CN(C)C)ccc2C(=O)N2CCCC2)[C@H](C)c2c[nH]c3ccccc23)CC1. The Balaban J connectivity index is 1.27. The number of aromatic amines is 1. The van der Waals surface area contributed by atoms with Crippen LogP contribution in [0.15, 0.2) is 72.9 Å². The zero-order valence-corrected chi connectivity index (χ0v) is 28.5. The van der Waals surface area contributed by atoms with Crippen LogP contribution in [0.2, 0.25) is 0 Å². The molecule has 252 valence electrons. The van der Waals surface area contributed by atoms with Crippen LogP contribution in [0.1, 0.15) is 52.7 Å². The largest absolute Gasteiger partial charge is 0.368 e. The number of hydrogen-bond donors (Lipinski definition) is 3. The van der Waals surface area contributed by atoms with Crippen LogP contribution in [0.5, 0.6) is 0 Å². The fraction of sp³-hybridized carbons (Fsp3) is 0.395. The molecule has 3 heterocycles. The van der Waals surface area contributed by atoms with Crippen LogP contribution in [0, 0.1) is 6.92 Å². The van der Waals surface area contributed by atoms with E-state index in [2.05, 4.69) is 39.6 Å². The number of carbonyl (C=O) groups is 3. The van der Waals surface area contributed by atoms with E-state index in [1.165, 1.54) is 11.3 Å². The van der Waals surface area contributed by atoms with Crippen molar-refractivity contribution in [3.8, 4) is 0 Å². The van der Waals surface area contributed by atoms with Crippen molar-refractivity contribution < 1.29 is 14.4 Å². The van der Waals surface area contributed by atoms with Gasteiger partial charge >= 0.3 is 6.03 Å². The van der Waals surface area contributed by atoms with Gasteiger partial charge in [-0.25, -0.2) is 4.79 Å². The molecule has 10 heteroatoms. The number of hydrogen-bond acceptors (Lipinski definition) is 5. The maximum Gasteiger partial charge on any atom is 0.318 e. The van der Waals surface area contributed by atoms with Gasteiger partial charge in [-0.15, -0.1) is 0 Å². The third-order valence-corrected chi connectivity index (χ3v) is 9.66. The van der Waals surface area contributed by atoms with Crippen LogP contribution in [0.4, 0.5) is 16.2 Å². The van der Waals surface area contributed by atoms with E-state index >= 15 is 0 Å². The Hall–Kier alpha value is -4.83. The number of rotatable bonds is 9. The van der Waals surface area contributed by atoms with Gasteiger partial charge in [-0.3, -0.25) is 9.59 Å². The minimum Gasteiger partial charge on any atom is -0.368 e. The summed E-state index contributed by atoms with van der Waals surface area (Å²) in [6.45, 7) is 8.62. The van der Waals surface area contributed by atoms with Crippen molar-refractivity contribution in [3.05, 3.63) is 95.2 Å². The van der Waals surface area contributed by atoms with E-state index in [-0.39, 0.29) is 23.8 Å². The van der Waals surface area contributed by atoms with E-state index in [4.69, 9.17) is 0 Å². The molecule has 2 aliphatic rings. The van der Waals surface area contributed by atoms with Crippen molar-refractivity contribution in [2.45, 2.75) is 45.2 Å². The number of nitrogens with one attached hydrogen (secondary N) is 3. The summed E-state index contributed by atoms with van der Waals surface area (Å²) < 4.78 is 0. The summed E-state index contributed by atoms with van der Waals surface area (Å²) in [7, 11) is 3.97. The van der Waals surface area contributed by atoms with Crippen molar-refractivity contribution in [3.63, 3.8) is 0 Å². The first-order chi connectivity index (χ1) is 23.2. The second-order valence-electron chi connectivity index (χ2n) is 13.4. The molecule has 0 saturated carbocycles. The van der Waals surface area contributed by atoms with Crippen LogP contribution < -0.4 is 15.5 Å².